The minimum Gasteiger partial charge on any atom is -0.423 e. The molecule has 18 nitrogen and oxygen atoms in total. The molecule has 0 radical (unpaired) electrons. The molecule has 7 N–H and O–H groups in total. The van der Waals surface area contributed by atoms with Gasteiger partial charge in [0.25, 0.3) is 0 Å². The van der Waals surface area contributed by atoms with Gasteiger partial charge in [0.2, 0.25) is 0 Å². The molecule has 0 saturated heterocycles. The Morgan fingerprint density at radius 1 is 0.527 bits per heavy atom. The van der Waals surface area contributed by atoms with Crippen LogP contribution in [0, 0.1) is 20.2 Å². The molecule has 0 atom stereocenters. The van der Waals surface area contributed by atoms with E-state index in [0.717, 1.165) is 11.4 Å². The van der Waals surface area contributed by atoms with Gasteiger partial charge in [0, 0.05) is 12.1 Å². The lowest BCUT2D eigenvalue weighted by Gasteiger charge is -2.01. The maximum atomic E-state index is 10.6. The summed E-state index contributed by atoms with van der Waals surface area (Å²) in [5, 5.41) is 55.2. The highest BCUT2D eigenvalue weighted by Gasteiger charge is 2.15. The number of nitro groups is 2. The summed E-state index contributed by atoms with van der Waals surface area (Å²) >= 11 is 0. The van der Waals surface area contributed by atoms with Crippen molar-refractivity contribution in [2.75, 3.05) is 11.5 Å². The van der Waals surface area contributed by atoms with E-state index < -0.39 is 17.0 Å². The van der Waals surface area contributed by atoms with E-state index in [1.807, 2.05) is 72.8 Å². The van der Waals surface area contributed by atoms with Crippen LogP contribution in [0.15, 0.2) is 170 Å². The van der Waals surface area contributed by atoms with Crippen molar-refractivity contribution < 1.29 is 19.9 Å². The molecule has 8 rings (SSSR count). The quantitative estimate of drug-likeness (QED) is 0.0904. The van der Waals surface area contributed by atoms with Gasteiger partial charge in [-0.05, 0) is 51.7 Å². The predicted octanol–water partition coefficient (Wildman–Crippen LogP) is 4.37. The fourth-order valence-corrected chi connectivity index (χ4v) is 4.38. The lowest BCUT2D eigenvalue weighted by Crippen LogP contribution is -2.29. The fourth-order valence-electron chi connectivity index (χ4n) is 4.38. The van der Waals surface area contributed by atoms with Crippen molar-refractivity contribution in [3.05, 3.63) is 191 Å². The number of benzene rings is 4. The Hall–Kier alpha value is -7.90. The van der Waals surface area contributed by atoms with Crippen LogP contribution in [0.1, 0.15) is 0 Å². The van der Waals surface area contributed by atoms with E-state index in [1.165, 1.54) is 29.2 Å². The standard InChI is InChI=1S/C9H7N3O2.2C9H9N3.C6H7BO2.C3H3N3O2/c13-12(14)9-6-7-10-11(9)8-4-2-1-3-5-8;2*10-9-6-7-11-12(9)8-4-2-1-3-5-8;8-7(9)6-4-2-1-3-5-6;7-6(8)3-1-2-4-5-3/h1-7H;2*1-7H,10H2;1-5,8-9H;1-2H,(H,4,5). The first-order chi connectivity index (χ1) is 26.7. The van der Waals surface area contributed by atoms with Crippen molar-refractivity contribution >= 4 is 35.9 Å². The fraction of sp³-hybridized carbons (Fsp3) is 0. The van der Waals surface area contributed by atoms with Gasteiger partial charge >= 0.3 is 18.8 Å². The van der Waals surface area contributed by atoms with E-state index in [9.17, 15) is 20.2 Å². The normalized spacial score (nSPS) is 9.71. The number of nitrogens with two attached hydrogens (primary N) is 2. The number of para-hydroxylation sites is 3. The number of hydrogen-bond acceptors (Lipinski definition) is 12. The van der Waals surface area contributed by atoms with Crippen LogP contribution in [-0.2, 0) is 0 Å². The van der Waals surface area contributed by atoms with Crippen LogP contribution in [0.2, 0.25) is 0 Å². The monoisotopic (exact) mass is 742 g/mol. The van der Waals surface area contributed by atoms with Crippen molar-refractivity contribution in [1.29, 1.82) is 0 Å². The Morgan fingerprint density at radius 3 is 1.24 bits per heavy atom. The Kier molecular flexibility index (Phi) is 15.1. The van der Waals surface area contributed by atoms with E-state index in [4.69, 9.17) is 21.5 Å². The zero-order valence-corrected chi connectivity index (χ0v) is 29.0. The molecule has 4 aromatic heterocycles. The zero-order chi connectivity index (χ0) is 39.4. The second-order valence-electron chi connectivity index (χ2n) is 10.7. The van der Waals surface area contributed by atoms with Crippen LogP contribution in [0.3, 0.4) is 0 Å². The minimum atomic E-state index is -1.34. The highest BCUT2D eigenvalue weighted by molar-refractivity contribution is 6.58. The van der Waals surface area contributed by atoms with E-state index in [0.29, 0.717) is 22.8 Å². The van der Waals surface area contributed by atoms with Gasteiger partial charge in [-0.3, -0.25) is 0 Å². The predicted molar refractivity (Wildman–Crippen MR) is 208 cm³/mol. The van der Waals surface area contributed by atoms with Gasteiger partial charge in [-0.1, -0.05) is 99.8 Å². The molecule has 19 heteroatoms. The summed E-state index contributed by atoms with van der Waals surface area (Å²) in [5.41, 5.74) is 14.5. The van der Waals surface area contributed by atoms with Crippen molar-refractivity contribution in [2.45, 2.75) is 0 Å². The van der Waals surface area contributed by atoms with Gasteiger partial charge in [-0.2, -0.15) is 10.2 Å². The molecule has 4 heterocycles. The van der Waals surface area contributed by atoms with E-state index >= 15 is 0 Å². The van der Waals surface area contributed by atoms with Crippen molar-refractivity contribution in [1.82, 2.24) is 39.5 Å². The van der Waals surface area contributed by atoms with Gasteiger partial charge in [-0.15, -0.1) is 5.10 Å². The molecule has 0 aliphatic rings. The first-order valence-corrected chi connectivity index (χ1v) is 16.1. The molecular formula is C36H35BN12O6. The molecule has 0 aliphatic carbocycles. The topological polar surface area (TPSA) is 261 Å². The summed E-state index contributed by atoms with van der Waals surface area (Å²) < 4.78 is 4.68. The zero-order valence-electron chi connectivity index (χ0n) is 29.0. The summed E-state index contributed by atoms with van der Waals surface area (Å²) in [5.74, 6) is 1.20. The summed E-state index contributed by atoms with van der Waals surface area (Å²) in [6.45, 7) is 0. The van der Waals surface area contributed by atoms with Crippen molar-refractivity contribution in [2.24, 2.45) is 0 Å². The van der Waals surface area contributed by atoms with E-state index in [-0.39, 0.29) is 11.6 Å². The average Bonchev–Trinajstić information content (AvgIpc) is 4.06. The van der Waals surface area contributed by atoms with Crippen LogP contribution in [0.25, 0.3) is 17.1 Å². The maximum Gasteiger partial charge on any atom is 0.488 e. The smallest absolute Gasteiger partial charge is 0.423 e. The molecule has 0 spiro atoms. The SMILES string of the molecule is Nc1ccnn1-c1ccccc1.Nc1ccnn1-c1ccccc1.O=[N+]([O-])c1ccn[nH]1.O=[N+]([O-])c1ccnn1-c1ccccc1.OB(O)c1ccccc1. The lowest BCUT2D eigenvalue weighted by atomic mass is 9.81. The summed E-state index contributed by atoms with van der Waals surface area (Å²) in [6, 6.07) is 43.4. The molecule has 0 aliphatic heterocycles. The van der Waals surface area contributed by atoms with Crippen LogP contribution >= 0.6 is 0 Å². The Bertz CT molecular complexity index is 2210. The van der Waals surface area contributed by atoms with Gasteiger partial charge in [0.15, 0.2) is 5.69 Å². The summed E-state index contributed by atoms with van der Waals surface area (Å²) in [7, 11) is -1.34. The summed E-state index contributed by atoms with van der Waals surface area (Å²) in [6.07, 6.45) is 6.11. The molecule has 4 aromatic carbocycles. The van der Waals surface area contributed by atoms with Gasteiger partial charge in [-0.25, -0.2) is 9.36 Å². The lowest BCUT2D eigenvalue weighted by molar-refractivity contribution is -0.391. The average molecular weight is 743 g/mol. The first-order valence-electron chi connectivity index (χ1n) is 16.1. The number of H-pyrrole nitrogens is 1. The van der Waals surface area contributed by atoms with Gasteiger partial charge < -0.3 is 41.7 Å². The molecule has 278 valence electrons. The van der Waals surface area contributed by atoms with Crippen LogP contribution < -0.4 is 16.9 Å². The molecule has 8 aromatic rings. The van der Waals surface area contributed by atoms with E-state index in [2.05, 4.69) is 25.5 Å². The number of rotatable bonds is 6. The number of hydrogen-bond donors (Lipinski definition) is 5. The van der Waals surface area contributed by atoms with Crippen LogP contribution in [-0.4, -0.2) is 66.6 Å². The third-order valence-corrected chi connectivity index (χ3v) is 6.94. The molecule has 0 amide bonds. The molecule has 0 bridgehead atoms. The highest BCUT2D eigenvalue weighted by atomic mass is 16.6. The van der Waals surface area contributed by atoms with Crippen molar-refractivity contribution in [3.8, 4) is 17.1 Å². The number of aromatic amines is 1. The number of nitrogen functional groups attached to an aromatic ring is 2. The summed E-state index contributed by atoms with van der Waals surface area (Å²) in [4.78, 5) is 19.4. The number of aromatic nitrogens is 8. The molecule has 55 heavy (non-hydrogen) atoms. The molecule has 0 unspecified atom stereocenters. The van der Waals surface area contributed by atoms with Gasteiger partial charge in [0.1, 0.15) is 11.6 Å². The Balaban J connectivity index is 0.000000155. The second kappa shape index (κ2) is 20.8. The van der Waals surface area contributed by atoms with E-state index in [1.54, 1.807) is 82.4 Å². The first kappa shape index (κ1) is 39.9. The molecular weight excluding hydrogens is 707 g/mol. The Morgan fingerprint density at radius 2 is 0.927 bits per heavy atom. The maximum absolute atomic E-state index is 10.6. The Labute approximate surface area is 314 Å². The van der Waals surface area contributed by atoms with Crippen LogP contribution in [0.5, 0.6) is 0 Å². The molecule has 0 fully saturated rings. The number of anilines is 2. The highest BCUT2D eigenvalue weighted by Crippen LogP contribution is 2.16. The largest absolute Gasteiger partial charge is 0.488 e. The number of nitrogens with zero attached hydrogens (tertiary/aromatic N) is 9. The number of nitrogens with one attached hydrogen (secondary N) is 1. The minimum absolute atomic E-state index is 0.0313. The second-order valence-corrected chi connectivity index (χ2v) is 10.7. The van der Waals surface area contributed by atoms with Gasteiger partial charge in [0.05, 0.1) is 48.3 Å². The third kappa shape index (κ3) is 12.4. The van der Waals surface area contributed by atoms with Crippen LogP contribution in [0.4, 0.5) is 23.3 Å². The van der Waals surface area contributed by atoms with Crippen molar-refractivity contribution in [3.63, 3.8) is 0 Å². The molecule has 0 saturated carbocycles. The third-order valence-electron chi connectivity index (χ3n) is 6.94.